The molecular formula is C21H24N4O2. The van der Waals surface area contributed by atoms with Gasteiger partial charge in [0.2, 0.25) is 0 Å². The Kier molecular flexibility index (Phi) is 6.22. The van der Waals surface area contributed by atoms with Crippen LogP contribution in [0, 0.1) is 6.92 Å². The fourth-order valence-corrected chi connectivity index (χ4v) is 2.92. The minimum Gasteiger partial charge on any atom is -0.394 e. The molecule has 1 atom stereocenters. The van der Waals surface area contributed by atoms with E-state index in [2.05, 4.69) is 32.3 Å². The lowest BCUT2D eigenvalue weighted by Crippen LogP contribution is -2.38. The van der Waals surface area contributed by atoms with Crippen LogP contribution in [0.1, 0.15) is 28.6 Å². The molecule has 0 saturated heterocycles. The van der Waals surface area contributed by atoms with Crippen molar-refractivity contribution in [2.75, 3.05) is 6.61 Å². The average Bonchev–Trinajstić information content (AvgIpc) is 3.10. The summed E-state index contributed by atoms with van der Waals surface area (Å²) in [6, 6.07) is 16.8. The molecule has 0 radical (unpaired) electrons. The third-order valence-electron chi connectivity index (χ3n) is 4.41. The largest absolute Gasteiger partial charge is 0.394 e. The molecule has 0 bridgehead atoms. The van der Waals surface area contributed by atoms with Crippen LogP contribution in [0.15, 0.2) is 67.0 Å². The van der Waals surface area contributed by atoms with E-state index < -0.39 is 6.04 Å². The van der Waals surface area contributed by atoms with Crippen molar-refractivity contribution in [3.8, 4) is 0 Å². The number of nitrogens with one attached hydrogen (secondary N) is 2. The van der Waals surface area contributed by atoms with Crippen LogP contribution >= 0.6 is 0 Å². The first-order chi connectivity index (χ1) is 13.2. The van der Waals surface area contributed by atoms with Crippen LogP contribution in [-0.4, -0.2) is 27.3 Å². The predicted molar refractivity (Wildman–Crippen MR) is 104 cm³/mol. The summed E-state index contributed by atoms with van der Waals surface area (Å²) in [5, 5.41) is 15.2. The summed E-state index contributed by atoms with van der Waals surface area (Å²) in [7, 11) is 0. The minimum absolute atomic E-state index is 0.156. The molecule has 6 nitrogen and oxygen atoms in total. The number of carbonyl (C=O) groups is 1. The number of aryl methyl sites for hydroxylation is 1. The molecule has 1 unspecified atom stereocenters. The number of hydrogen-bond acceptors (Lipinski definition) is 3. The van der Waals surface area contributed by atoms with Crippen molar-refractivity contribution >= 4 is 6.03 Å². The summed E-state index contributed by atoms with van der Waals surface area (Å²) < 4.78 is 2.07. The van der Waals surface area contributed by atoms with Gasteiger partial charge in [-0.1, -0.05) is 54.6 Å². The maximum atomic E-state index is 12.2. The zero-order valence-corrected chi connectivity index (χ0v) is 15.3. The number of aliphatic hydroxyl groups excluding tert-OH is 1. The molecule has 0 aliphatic carbocycles. The van der Waals surface area contributed by atoms with Crippen LogP contribution in [0.25, 0.3) is 0 Å². The summed E-state index contributed by atoms with van der Waals surface area (Å²) in [6.45, 7) is 2.97. The van der Waals surface area contributed by atoms with Crippen molar-refractivity contribution < 1.29 is 9.90 Å². The zero-order valence-electron chi connectivity index (χ0n) is 15.3. The van der Waals surface area contributed by atoms with Gasteiger partial charge in [-0.2, -0.15) is 0 Å². The van der Waals surface area contributed by atoms with E-state index in [1.807, 2.05) is 55.6 Å². The molecule has 2 amide bonds. The van der Waals surface area contributed by atoms with Crippen molar-refractivity contribution in [2.45, 2.75) is 26.1 Å². The van der Waals surface area contributed by atoms with E-state index in [0.29, 0.717) is 6.54 Å². The Morgan fingerprint density at radius 1 is 1.15 bits per heavy atom. The van der Waals surface area contributed by atoms with Crippen LogP contribution in [-0.2, 0) is 13.1 Å². The molecule has 0 aliphatic heterocycles. The molecule has 0 aliphatic rings. The number of urea groups is 1. The fourth-order valence-electron chi connectivity index (χ4n) is 2.92. The van der Waals surface area contributed by atoms with Crippen LogP contribution in [0.4, 0.5) is 4.79 Å². The molecule has 2 aromatic carbocycles. The van der Waals surface area contributed by atoms with Gasteiger partial charge in [0, 0.05) is 25.5 Å². The number of benzene rings is 2. The smallest absolute Gasteiger partial charge is 0.315 e. The van der Waals surface area contributed by atoms with E-state index in [1.54, 1.807) is 6.20 Å². The number of nitrogens with zero attached hydrogens (tertiary/aromatic N) is 2. The normalized spacial score (nSPS) is 11.8. The van der Waals surface area contributed by atoms with Crippen LogP contribution in [0.3, 0.4) is 0 Å². The minimum atomic E-state index is -0.429. The molecule has 0 fully saturated rings. The molecule has 140 valence electrons. The van der Waals surface area contributed by atoms with Crippen molar-refractivity contribution in [1.29, 1.82) is 0 Å². The van der Waals surface area contributed by atoms with Crippen molar-refractivity contribution in [3.05, 3.63) is 89.5 Å². The van der Waals surface area contributed by atoms with Crippen molar-refractivity contribution in [2.24, 2.45) is 0 Å². The van der Waals surface area contributed by atoms with Crippen LogP contribution < -0.4 is 10.6 Å². The third kappa shape index (κ3) is 5.18. The fraction of sp³-hybridized carbons (Fsp3) is 0.238. The topological polar surface area (TPSA) is 79.2 Å². The van der Waals surface area contributed by atoms with Gasteiger partial charge >= 0.3 is 6.03 Å². The van der Waals surface area contributed by atoms with E-state index in [0.717, 1.165) is 29.1 Å². The van der Waals surface area contributed by atoms with E-state index >= 15 is 0 Å². The maximum Gasteiger partial charge on any atom is 0.315 e. The lowest BCUT2D eigenvalue weighted by molar-refractivity contribution is 0.216. The number of rotatable bonds is 7. The Morgan fingerprint density at radius 2 is 1.93 bits per heavy atom. The number of carbonyl (C=O) groups excluding carboxylic acids is 1. The first kappa shape index (κ1) is 18.7. The highest BCUT2D eigenvalue weighted by Gasteiger charge is 2.13. The molecule has 3 rings (SSSR count). The average molecular weight is 364 g/mol. The van der Waals surface area contributed by atoms with Gasteiger partial charge in [-0.3, -0.25) is 0 Å². The number of imidazole rings is 1. The Balaban J connectivity index is 1.55. The number of aromatic nitrogens is 2. The zero-order chi connectivity index (χ0) is 19.1. The number of aliphatic hydroxyl groups is 1. The van der Waals surface area contributed by atoms with Crippen LogP contribution in [0.2, 0.25) is 0 Å². The van der Waals surface area contributed by atoms with E-state index in [-0.39, 0.29) is 12.6 Å². The van der Waals surface area contributed by atoms with Gasteiger partial charge in [0.15, 0.2) is 0 Å². The van der Waals surface area contributed by atoms with Gasteiger partial charge in [-0.15, -0.1) is 0 Å². The van der Waals surface area contributed by atoms with Gasteiger partial charge in [-0.25, -0.2) is 9.78 Å². The Morgan fingerprint density at radius 3 is 2.63 bits per heavy atom. The van der Waals surface area contributed by atoms with Gasteiger partial charge in [0.25, 0.3) is 0 Å². The molecule has 6 heteroatoms. The van der Waals surface area contributed by atoms with Gasteiger partial charge in [-0.05, 0) is 23.6 Å². The standard InChI is InChI=1S/C21H24N4O2/c1-16-22-10-11-25(16)14-18-7-5-6-17(12-18)13-23-21(27)24-20(15-26)19-8-3-2-4-9-19/h2-12,20,26H,13-15H2,1H3,(H2,23,24,27). The maximum absolute atomic E-state index is 12.2. The second-order valence-corrected chi connectivity index (χ2v) is 6.40. The second kappa shape index (κ2) is 9.00. The SMILES string of the molecule is Cc1nccn1Cc1cccc(CNC(=O)NC(CO)c2ccccc2)c1. The second-order valence-electron chi connectivity index (χ2n) is 6.40. The van der Waals surface area contributed by atoms with E-state index in [1.165, 1.54) is 0 Å². The lowest BCUT2D eigenvalue weighted by Gasteiger charge is -2.17. The number of amides is 2. The summed E-state index contributed by atoms with van der Waals surface area (Å²) in [6.07, 6.45) is 3.74. The molecule has 3 N–H and O–H groups in total. The van der Waals surface area contributed by atoms with Gasteiger partial charge in [0.1, 0.15) is 5.82 Å². The predicted octanol–water partition coefficient (Wildman–Crippen LogP) is 2.77. The Labute approximate surface area is 158 Å². The van der Waals surface area contributed by atoms with Gasteiger partial charge < -0.3 is 20.3 Å². The molecule has 3 aromatic rings. The molecular weight excluding hydrogens is 340 g/mol. The van der Waals surface area contributed by atoms with Crippen molar-refractivity contribution in [3.63, 3.8) is 0 Å². The Hall–Kier alpha value is -3.12. The highest BCUT2D eigenvalue weighted by atomic mass is 16.3. The highest BCUT2D eigenvalue weighted by molar-refractivity contribution is 5.74. The molecule has 1 heterocycles. The summed E-state index contributed by atoms with van der Waals surface area (Å²) in [5.41, 5.74) is 3.03. The molecule has 27 heavy (non-hydrogen) atoms. The summed E-state index contributed by atoms with van der Waals surface area (Å²) in [4.78, 5) is 16.4. The first-order valence-electron chi connectivity index (χ1n) is 8.91. The Bertz CT molecular complexity index is 877. The van der Waals surface area contributed by atoms with Crippen LogP contribution in [0.5, 0.6) is 0 Å². The molecule has 1 aromatic heterocycles. The number of hydrogen-bond donors (Lipinski definition) is 3. The summed E-state index contributed by atoms with van der Waals surface area (Å²) in [5.74, 6) is 0.967. The molecule has 0 saturated carbocycles. The first-order valence-corrected chi connectivity index (χ1v) is 8.91. The molecule has 0 spiro atoms. The van der Waals surface area contributed by atoms with E-state index in [9.17, 15) is 9.90 Å². The van der Waals surface area contributed by atoms with Crippen molar-refractivity contribution in [1.82, 2.24) is 20.2 Å². The monoisotopic (exact) mass is 364 g/mol. The quantitative estimate of drug-likeness (QED) is 0.603. The third-order valence-corrected chi connectivity index (χ3v) is 4.41. The lowest BCUT2D eigenvalue weighted by atomic mass is 10.1. The summed E-state index contributed by atoms with van der Waals surface area (Å²) >= 11 is 0. The van der Waals surface area contributed by atoms with Gasteiger partial charge in [0.05, 0.1) is 12.6 Å². The highest BCUT2D eigenvalue weighted by Crippen LogP contribution is 2.12. The van der Waals surface area contributed by atoms with E-state index in [4.69, 9.17) is 0 Å².